The number of nitrogens with one attached hydrogen (secondary N) is 1. The van der Waals surface area contributed by atoms with E-state index in [-0.39, 0.29) is 11.8 Å². The highest BCUT2D eigenvalue weighted by Crippen LogP contribution is 2.23. The van der Waals surface area contributed by atoms with Crippen molar-refractivity contribution in [2.45, 2.75) is 19.4 Å². The Hall–Kier alpha value is -2.73. The van der Waals surface area contributed by atoms with Crippen molar-refractivity contribution in [2.24, 2.45) is 5.92 Å². The summed E-state index contributed by atoms with van der Waals surface area (Å²) in [5.74, 6) is 0.741. The summed E-state index contributed by atoms with van der Waals surface area (Å²) in [6.45, 7) is 2.07. The van der Waals surface area contributed by atoms with Gasteiger partial charge in [0.15, 0.2) is 0 Å². The molecule has 1 atom stereocenters. The zero-order chi connectivity index (χ0) is 20.1. The van der Waals surface area contributed by atoms with Gasteiger partial charge in [0.05, 0.1) is 5.92 Å². The normalized spacial score (nSPS) is 16.4. The van der Waals surface area contributed by atoms with E-state index in [2.05, 4.69) is 36.1 Å². The highest BCUT2D eigenvalue weighted by molar-refractivity contribution is 9.10. The van der Waals surface area contributed by atoms with E-state index < -0.39 is 0 Å². The van der Waals surface area contributed by atoms with Crippen LogP contribution in [0.5, 0.6) is 0 Å². The fraction of sp³-hybridized carbons (Fsp3) is 0.261. The van der Waals surface area contributed by atoms with Crippen molar-refractivity contribution in [3.63, 3.8) is 0 Å². The molecule has 3 aromatic rings. The molecule has 0 spiro atoms. The van der Waals surface area contributed by atoms with Crippen molar-refractivity contribution in [1.29, 1.82) is 0 Å². The molecule has 1 aliphatic heterocycles. The summed E-state index contributed by atoms with van der Waals surface area (Å²) in [7, 11) is 0. The molecule has 2 heterocycles. The lowest BCUT2D eigenvalue weighted by Gasteiger charge is -2.32. The number of nitrogens with zero attached hydrogens (tertiary/aromatic N) is 3. The molecular formula is C23H23BrN4O. The van der Waals surface area contributed by atoms with Crippen molar-refractivity contribution in [2.75, 3.05) is 18.0 Å². The van der Waals surface area contributed by atoms with Crippen LogP contribution in [0.1, 0.15) is 18.4 Å². The molecule has 1 fully saturated rings. The SMILES string of the molecule is O=C(NCc1ccc(Br)cc1)[C@@H]1CCCN(c2ncc(-c3ccccc3)cn2)C1. The van der Waals surface area contributed by atoms with E-state index in [0.29, 0.717) is 19.0 Å². The first-order chi connectivity index (χ1) is 14.2. The van der Waals surface area contributed by atoms with Gasteiger partial charge < -0.3 is 10.2 Å². The third-order valence-electron chi connectivity index (χ3n) is 5.20. The lowest BCUT2D eigenvalue weighted by atomic mass is 9.97. The van der Waals surface area contributed by atoms with Crippen molar-refractivity contribution < 1.29 is 4.79 Å². The van der Waals surface area contributed by atoms with Gasteiger partial charge in [-0.05, 0) is 36.1 Å². The third-order valence-corrected chi connectivity index (χ3v) is 5.73. The van der Waals surface area contributed by atoms with Crippen LogP contribution < -0.4 is 10.2 Å². The number of hydrogen-bond donors (Lipinski definition) is 1. The Balaban J connectivity index is 1.36. The lowest BCUT2D eigenvalue weighted by molar-refractivity contribution is -0.125. The summed E-state index contributed by atoms with van der Waals surface area (Å²) in [6.07, 6.45) is 5.56. The number of amides is 1. The molecule has 29 heavy (non-hydrogen) atoms. The number of carbonyl (C=O) groups excluding carboxylic acids is 1. The van der Waals surface area contributed by atoms with Crippen LogP contribution in [0.25, 0.3) is 11.1 Å². The third kappa shape index (κ3) is 5.01. The van der Waals surface area contributed by atoms with Gasteiger partial charge in [0.2, 0.25) is 11.9 Å². The second-order valence-electron chi connectivity index (χ2n) is 7.27. The average molecular weight is 451 g/mol. The maximum atomic E-state index is 12.7. The van der Waals surface area contributed by atoms with Crippen molar-refractivity contribution in [3.8, 4) is 11.1 Å². The number of benzene rings is 2. The molecule has 2 aromatic carbocycles. The monoisotopic (exact) mass is 450 g/mol. The molecule has 1 N–H and O–H groups in total. The average Bonchev–Trinajstić information content (AvgIpc) is 2.79. The van der Waals surface area contributed by atoms with E-state index in [4.69, 9.17) is 0 Å². The number of piperidine rings is 1. The maximum Gasteiger partial charge on any atom is 0.225 e. The maximum absolute atomic E-state index is 12.7. The van der Waals surface area contributed by atoms with Crippen LogP contribution in [0.3, 0.4) is 0 Å². The molecule has 1 aliphatic rings. The van der Waals surface area contributed by atoms with Gasteiger partial charge in [-0.25, -0.2) is 9.97 Å². The van der Waals surface area contributed by atoms with Gasteiger partial charge in [0, 0.05) is 42.1 Å². The smallest absolute Gasteiger partial charge is 0.225 e. The van der Waals surface area contributed by atoms with Gasteiger partial charge in [0.25, 0.3) is 0 Å². The van der Waals surface area contributed by atoms with E-state index in [1.807, 2.05) is 67.0 Å². The summed E-state index contributed by atoms with van der Waals surface area (Å²) in [5.41, 5.74) is 3.19. The van der Waals surface area contributed by atoms with Crippen LogP contribution in [-0.4, -0.2) is 29.0 Å². The Morgan fingerprint density at radius 1 is 1.03 bits per heavy atom. The molecule has 0 bridgehead atoms. The largest absolute Gasteiger partial charge is 0.352 e. The molecule has 0 unspecified atom stereocenters. The Morgan fingerprint density at radius 2 is 1.76 bits per heavy atom. The van der Waals surface area contributed by atoms with Crippen molar-refractivity contribution in [1.82, 2.24) is 15.3 Å². The molecule has 1 saturated heterocycles. The summed E-state index contributed by atoms with van der Waals surface area (Å²) in [4.78, 5) is 23.9. The molecule has 6 heteroatoms. The Labute approximate surface area is 179 Å². The number of aromatic nitrogens is 2. The van der Waals surface area contributed by atoms with Crippen LogP contribution in [0, 0.1) is 5.92 Å². The first kappa shape index (κ1) is 19.6. The molecule has 0 saturated carbocycles. The molecule has 0 radical (unpaired) electrons. The van der Waals surface area contributed by atoms with Crippen LogP contribution in [0.2, 0.25) is 0 Å². The predicted octanol–water partition coefficient (Wildman–Crippen LogP) is 4.44. The summed E-state index contributed by atoms with van der Waals surface area (Å²) in [5, 5.41) is 3.07. The second-order valence-corrected chi connectivity index (χ2v) is 8.18. The molecule has 1 amide bonds. The molecular weight excluding hydrogens is 428 g/mol. The van der Waals surface area contributed by atoms with Crippen molar-refractivity contribution in [3.05, 3.63) is 77.0 Å². The van der Waals surface area contributed by atoms with E-state index >= 15 is 0 Å². The molecule has 148 valence electrons. The quantitative estimate of drug-likeness (QED) is 0.623. The highest BCUT2D eigenvalue weighted by Gasteiger charge is 2.27. The van der Waals surface area contributed by atoms with Gasteiger partial charge >= 0.3 is 0 Å². The van der Waals surface area contributed by atoms with Crippen LogP contribution in [0.15, 0.2) is 71.5 Å². The highest BCUT2D eigenvalue weighted by atomic mass is 79.9. The Bertz CT molecular complexity index is 945. The number of rotatable bonds is 5. The van der Waals surface area contributed by atoms with E-state index in [1.54, 1.807) is 0 Å². The van der Waals surface area contributed by atoms with Crippen LogP contribution >= 0.6 is 15.9 Å². The first-order valence-corrected chi connectivity index (χ1v) is 10.6. The second kappa shape index (κ2) is 9.18. The summed E-state index contributed by atoms with van der Waals surface area (Å²) >= 11 is 3.43. The number of halogens is 1. The minimum Gasteiger partial charge on any atom is -0.352 e. The summed E-state index contributed by atoms with van der Waals surface area (Å²) < 4.78 is 1.04. The lowest BCUT2D eigenvalue weighted by Crippen LogP contribution is -2.43. The molecule has 1 aromatic heterocycles. The zero-order valence-corrected chi connectivity index (χ0v) is 17.7. The van der Waals surface area contributed by atoms with Crippen LogP contribution in [-0.2, 0) is 11.3 Å². The zero-order valence-electron chi connectivity index (χ0n) is 16.1. The van der Waals surface area contributed by atoms with Gasteiger partial charge in [0.1, 0.15) is 0 Å². The fourth-order valence-electron chi connectivity index (χ4n) is 3.57. The predicted molar refractivity (Wildman–Crippen MR) is 118 cm³/mol. The minimum atomic E-state index is -0.0448. The van der Waals surface area contributed by atoms with Crippen LogP contribution in [0.4, 0.5) is 5.95 Å². The first-order valence-electron chi connectivity index (χ1n) is 9.83. The molecule has 0 aliphatic carbocycles. The number of hydrogen-bond acceptors (Lipinski definition) is 4. The standard InChI is InChI=1S/C23H23BrN4O/c24-21-10-8-17(9-11-21)13-25-22(29)19-7-4-12-28(16-19)23-26-14-20(15-27-23)18-5-2-1-3-6-18/h1-3,5-6,8-11,14-15,19H,4,7,12-13,16H2,(H,25,29)/t19-/m1/s1. The fourth-order valence-corrected chi connectivity index (χ4v) is 3.84. The topological polar surface area (TPSA) is 58.1 Å². The minimum absolute atomic E-state index is 0.0448. The summed E-state index contributed by atoms with van der Waals surface area (Å²) in [6, 6.07) is 18.1. The Morgan fingerprint density at radius 3 is 2.48 bits per heavy atom. The van der Waals surface area contributed by atoms with Gasteiger partial charge in [-0.1, -0.05) is 58.4 Å². The van der Waals surface area contributed by atoms with Gasteiger partial charge in [-0.3, -0.25) is 4.79 Å². The van der Waals surface area contributed by atoms with E-state index in [9.17, 15) is 4.79 Å². The molecule has 4 rings (SSSR count). The van der Waals surface area contributed by atoms with Crippen molar-refractivity contribution >= 4 is 27.8 Å². The van der Waals surface area contributed by atoms with Gasteiger partial charge in [-0.2, -0.15) is 0 Å². The number of anilines is 1. The number of carbonyl (C=O) groups is 1. The van der Waals surface area contributed by atoms with Gasteiger partial charge in [-0.15, -0.1) is 0 Å². The Kier molecular flexibility index (Phi) is 6.20. The van der Waals surface area contributed by atoms with E-state index in [0.717, 1.165) is 40.5 Å². The molecule has 5 nitrogen and oxygen atoms in total. The van der Waals surface area contributed by atoms with E-state index in [1.165, 1.54) is 0 Å².